The molecule has 0 fully saturated rings. The van der Waals surface area contributed by atoms with Gasteiger partial charge in [0.15, 0.2) is 11.6 Å². The largest absolute Gasteiger partial charge is 0.494 e. The minimum Gasteiger partial charge on any atom is -0.494 e. The van der Waals surface area contributed by atoms with Crippen molar-refractivity contribution in [1.82, 2.24) is 14.8 Å². The van der Waals surface area contributed by atoms with E-state index in [2.05, 4.69) is 19.2 Å². The summed E-state index contributed by atoms with van der Waals surface area (Å²) in [6, 6.07) is 15.0. The minimum absolute atomic E-state index is 0.104. The minimum atomic E-state index is -0.342. The molecule has 1 aliphatic carbocycles. The van der Waals surface area contributed by atoms with Gasteiger partial charge in [-0.15, -0.1) is 5.10 Å². The van der Waals surface area contributed by atoms with E-state index in [1.807, 2.05) is 60.1 Å². The molecule has 0 saturated heterocycles. The average molecular weight is 449 g/mol. The monoisotopic (exact) mass is 448 g/mol. The van der Waals surface area contributed by atoms with Crippen LogP contribution in [0.1, 0.15) is 45.2 Å². The third kappa shape index (κ3) is 3.69. The lowest BCUT2D eigenvalue weighted by molar-refractivity contribution is -0.118. The molecule has 2 aromatic carbocycles. The van der Waals surface area contributed by atoms with Crippen LogP contribution in [0.3, 0.4) is 0 Å². The lowest BCUT2D eigenvalue weighted by atomic mass is 9.73. The van der Waals surface area contributed by atoms with Crippen molar-refractivity contribution in [2.75, 3.05) is 11.9 Å². The first-order chi connectivity index (χ1) is 15.3. The molecule has 7 heteroatoms. The SMILES string of the molecule is CCOc1ccc(-c2nc3n(n2)C(c2ccc(Cl)cc2)C2=C(CC(C)(C)CC2=O)N3)cc1. The fourth-order valence-corrected chi connectivity index (χ4v) is 4.68. The van der Waals surface area contributed by atoms with Crippen LogP contribution in [0.2, 0.25) is 5.02 Å². The molecule has 32 heavy (non-hydrogen) atoms. The molecule has 2 heterocycles. The number of allylic oxidation sites excluding steroid dienone is 2. The molecule has 0 saturated carbocycles. The Balaban J connectivity index is 1.61. The summed E-state index contributed by atoms with van der Waals surface area (Å²) in [5.74, 6) is 2.19. The number of ketones is 1. The van der Waals surface area contributed by atoms with Crippen LogP contribution < -0.4 is 10.1 Å². The highest BCUT2D eigenvalue weighted by atomic mass is 35.5. The number of halogens is 1. The zero-order valence-corrected chi connectivity index (χ0v) is 19.1. The third-order valence-electron chi connectivity index (χ3n) is 5.94. The van der Waals surface area contributed by atoms with E-state index in [4.69, 9.17) is 26.4 Å². The molecule has 164 valence electrons. The average Bonchev–Trinajstić information content (AvgIpc) is 3.16. The van der Waals surface area contributed by atoms with Gasteiger partial charge in [-0.3, -0.25) is 4.79 Å². The van der Waals surface area contributed by atoms with Gasteiger partial charge in [0, 0.05) is 28.3 Å². The van der Waals surface area contributed by atoms with Crippen molar-refractivity contribution < 1.29 is 9.53 Å². The summed E-state index contributed by atoms with van der Waals surface area (Å²) < 4.78 is 7.37. The number of rotatable bonds is 4. The zero-order chi connectivity index (χ0) is 22.5. The van der Waals surface area contributed by atoms with E-state index in [1.165, 1.54) is 0 Å². The molecule has 0 bridgehead atoms. The van der Waals surface area contributed by atoms with Gasteiger partial charge in [-0.05, 0) is 60.7 Å². The lowest BCUT2D eigenvalue weighted by Crippen LogP contribution is -2.36. The van der Waals surface area contributed by atoms with Crippen LogP contribution in [0.25, 0.3) is 11.4 Å². The summed E-state index contributed by atoms with van der Waals surface area (Å²) >= 11 is 6.14. The van der Waals surface area contributed by atoms with E-state index in [0.29, 0.717) is 29.8 Å². The number of hydrogen-bond donors (Lipinski definition) is 1. The van der Waals surface area contributed by atoms with Gasteiger partial charge in [0.2, 0.25) is 5.95 Å². The number of benzene rings is 2. The van der Waals surface area contributed by atoms with Gasteiger partial charge in [-0.2, -0.15) is 4.98 Å². The Morgan fingerprint density at radius 3 is 2.53 bits per heavy atom. The van der Waals surface area contributed by atoms with Gasteiger partial charge in [0.25, 0.3) is 0 Å². The van der Waals surface area contributed by atoms with E-state index in [9.17, 15) is 4.79 Å². The predicted molar refractivity (Wildman–Crippen MR) is 125 cm³/mol. The molecule has 2 aliphatic rings. The maximum Gasteiger partial charge on any atom is 0.226 e. The highest BCUT2D eigenvalue weighted by molar-refractivity contribution is 6.30. The third-order valence-corrected chi connectivity index (χ3v) is 6.19. The second kappa shape index (κ2) is 7.78. The standard InChI is InChI=1S/C25H25ClN4O2/c1-4-32-18-11-7-16(8-12-18)23-28-24-27-19-13-25(2,3)14-20(31)21(19)22(30(24)29-23)15-5-9-17(26)10-6-15/h5-12,22H,4,13-14H2,1-3H3,(H,27,28,29). The number of aromatic nitrogens is 3. The van der Waals surface area contributed by atoms with Crippen molar-refractivity contribution in [3.63, 3.8) is 0 Å². The van der Waals surface area contributed by atoms with E-state index in [0.717, 1.165) is 34.6 Å². The van der Waals surface area contributed by atoms with Crippen molar-refractivity contribution in [2.45, 2.75) is 39.7 Å². The Bertz CT molecular complexity index is 1210. The molecule has 1 N–H and O–H groups in total. The quantitative estimate of drug-likeness (QED) is 0.558. The number of anilines is 1. The number of carbonyl (C=O) groups is 1. The Morgan fingerprint density at radius 2 is 1.84 bits per heavy atom. The fourth-order valence-electron chi connectivity index (χ4n) is 4.55. The smallest absolute Gasteiger partial charge is 0.226 e. The molecular formula is C25H25ClN4O2. The molecule has 0 amide bonds. The van der Waals surface area contributed by atoms with Crippen LogP contribution in [-0.4, -0.2) is 27.2 Å². The van der Waals surface area contributed by atoms with Gasteiger partial charge in [-0.25, -0.2) is 4.68 Å². The molecule has 0 radical (unpaired) electrons. The van der Waals surface area contributed by atoms with Crippen molar-refractivity contribution in [1.29, 1.82) is 0 Å². The molecule has 3 aromatic rings. The van der Waals surface area contributed by atoms with Gasteiger partial charge >= 0.3 is 0 Å². The fraction of sp³-hybridized carbons (Fsp3) is 0.320. The Kier molecular flexibility index (Phi) is 5.05. The van der Waals surface area contributed by atoms with Gasteiger partial charge in [-0.1, -0.05) is 37.6 Å². The van der Waals surface area contributed by atoms with Crippen molar-refractivity contribution in [3.8, 4) is 17.1 Å². The molecule has 6 nitrogen and oxygen atoms in total. The van der Waals surface area contributed by atoms with E-state index >= 15 is 0 Å². The molecule has 1 aliphatic heterocycles. The highest BCUT2D eigenvalue weighted by Gasteiger charge is 2.41. The Labute approximate surface area is 192 Å². The molecule has 0 spiro atoms. The maximum atomic E-state index is 13.3. The van der Waals surface area contributed by atoms with Crippen LogP contribution in [-0.2, 0) is 4.79 Å². The number of hydrogen-bond acceptors (Lipinski definition) is 5. The molecule has 1 unspecified atom stereocenters. The van der Waals surface area contributed by atoms with E-state index in [-0.39, 0.29) is 17.2 Å². The number of nitrogens with one attached hydrogen (secondary N) is 1. The van der Waals surface area contributed by atoms with Gasteiger partial charge in [0.1, 0.15) is 11.8 Å². The number of nitrogens with zero attached hydrogens (tertiary/aromatic N) is 3. The summed E-state index contributed by atoms with van der Waals surface area (Å²) in [6.45, 7) is 6.82. The zero-order valence-electron chi connectivity index (χ0n) is 18.4. The first-order valence-electron chi connectivity index (χ1n) is 10.8. The molecular weight excluding hydrogens is 424 g/mol. The number of carbonyl (C=O) groups excluding carboxylic acids is 1. The summed E-state index contributed by atoms with van der Waals surface area (Å²) in [6.07, 6.45) is 1.29. The van der Waals surface area contributed by atoms with E-state index in [1.54, 1.807) is 0 Å². The normalized spacial score (nSPS) is 19.2. The summed E-state index contributed by atoms with van der Waals surface area (Å²) in [4.78, 5) is 18.1. The number of fused-ring (bicyclic) bond motifs is 1. The summed E-state index contributed by atoms with van der Waals surface area (Å²) in [7, 11) is 0. The van der Waals surface area contributed by atoms with Crippen LogP contribution in [0.15, 0.2) is 59.8 Å². The Hall–Kier alpha value is -3.12. The molecule has 1 atom stereocenters. The number of ether oxygens (including phenoxy) is 1. The first kappa shape index (κ1) is 20.8. The van der Waals surface area contributed by atoms with Gasteiger partial charge < -0.3 is 10.1 Å². The lowest BCUT2D eigenvalue weighted by Gasteiger charge is -2.38. The van der Waals surface area contributed by atoms with E-state index < -0.39 is 0 Å². The second-order valence-corrected chi connectivity index (χ2v) is 9.51. The van der Waals surface area contributed by atoms with Crippen LogP contribution in [0.5, 0.6) is 5.75 Å². The molecule has 1 aromatic heterocycles. The highest BCUT2D eigenvalue weighted by Crippen LogP contribution is 2.45. The summed E-state index contributed by atoms with van der Waals surface area (Å²) in [5, 5.41) is 8.89. The second-order valence-electron chi connectivity index (χ2n) is 9.07. The van der Waals surface area contributed by atoms with Crippen molar-refractivity contribution >= 4 is 23.3 Å². The maximum absolute atomic E-state index is 13.3. The van der Waals surface area contributed by atoms with Crippen molar-refractivity contribution in [2.24, 2.45) is 5.41 Å². The predicted octanol–water partition coefficient (Wildman–Crippen LogP) is 5.66. The number of Topliss-reactive ketones (excluding diaryl/α,β-unsaturated/α-hetero) is 1. The van der Waals surface area contributed by atoms with Crippen LogP contribution >= 0.6 is 11.6 Å². The van der Waals surface area contributed by atoms with Gasteiger partial charge in [0.05, 0.1) is 6.61 Å². The Morgan fingerprint density at radius 1 is 1.12 bits per heavy atom. The summed E-state index contributed by atoms with van der Waals surface area (Å²) in [5.41, 5.74) is 3.44. The van der Waals surface area contributed by atoms with Crippen LogP contribution in [0.4, 0.5) is 5.95 Å². The topological polar surface area (TPSA) is 69.0 Å². The van der Waals surface area contributed by atoms with Crippen molar-refractivity contribution in [3.05, 3.63) is 70.4 Å². The molecule has 5 rings (SSSR count). The van der Waals surface area contributed by atoms with Crippen LogP contribution in [0, 0.1) is 5.41 Å². The first-order valence-corrected chi connectivity index (χ1v) is 11.2.